The van der Waals surface area contributed by atoms with Crippen molar-refractivity contribution in [2.75, 3.05) is 13.7 Å². The number of hydrogen-bond donors (Lipinski definition) is 2. The molecule has 0 aromatic heterocycles. The minimum atomic E-state index is -0.535. The van der Waals surface area contributed by atoms with Crippen LogP contribution >= 0.6 is 0 Å². The lowest BCUT2D eigenvalue weighted by atomic mass is 10.0. The predicted molar refractivity (Wildman–Crippen MR) is 91.4 cm³/mol. The van der Waals surface area contributed by atoms with Gasteiger partial charge in [-0.3, -0.25) is 4.79 Å². The fraction of sp³-hybridized carbons (Fsp3) is 0.316. The summed E-state index contributed by atoms with van der Waals surface area (Å²) in [6, 6.07) is 11.9. The summed E-state index contributed by atoms with van der Waals surface area (Å²) < 4.78 is 19.5. The summed E-state index contributed by atoms with van der Waals surface area (Å²) in [6.07, 6.45) is 2.14. The Morgan fingerprint density at radius 2 is 1.92 bits per heavy atom. The summed E-state index contributed by atoms with van der Waals surface area (Å²) in [5, 5.41) is 2.84. The molecule has 3 N–H and O–H groups in total. The zero-order chi connectivity index (χ0) is 17.1. The molecule has 1 amide bonds. The maximum atomic E-state index is 14.4. The highest BCUT2D eigenvalue weighted by Crippen LogP contribution is 2.32. The average Bonchev–Trinajstić information content (AvgIpc) is 3.44. The molecule has 1 aliphatic carbocycles. The monoisotopic (exact) mass is 328 g/mol. The fourth-order valence-corrected chi connectivity index (χ4v) is 2.78. The topological polar surface area (TPSA) is 64.3 Å². The van der Waals surface area contributed by atoms with Gasteiger partial charge in [0.1, 0.15) is 11.6 Å². The molecule has 1 saturated carbocycles. The first-order valence-electron chi connectivity index (χ1n) is 8.07. The number of nitrogens with two attached hydrogens (primary N) is 1. The SMILES string of the molecule is COc1ccc(-c2ccc(C(=O)NC(CN)C3CC3)c(F)c2)cc1. The molecular weight excluding hydrogens is 307 g/mol. The second-order valence-corrected chi connectivity index (χ2v) is 6.08. The smallest absolute Gasteiger partial charge is 0.254 e. The Balaban J connectivity index is 1.77. The summed E-state index contributed by atoms with van der Waals surface area (Å²) in [4.78, 5) is 12.3. The summed E-state index contributed by atoms with van der Waals surface area (Å²) in [6.45, 7) is 0.377. The van der Waals surface area contributed by atoms with E-state index in [1.54, 1.807) is 13.2 Å². The largest absolute Gasteiger partial charge is 0.497 e. The summed E-state index contributed by atoms with van der Waals surface area (Å²) in [5.41, 5.74) is 7.30. The Morgan fingerprint density at radius 1 is 1.25 bits per heavy atom. The minimum absolute atomic E-state index is 0.0476. The highest BCUT2D eigenvalue weighted by molar-refractivity contribution is 5.95. The van der Waals surface area contributed by atoms with Crippen LogP contribution in [-0.2, 0) is 0 Å². The number of methoxy groups -OCH3 is 1. The Labute approximate surface area is 140 Å². The normalized spacial score (nSPS) is 15.0. The molecule has 126 valence electrons. The zero-order valence-corrected chi connectivity index (χ0v) is 13.6. The highest BCUT2D eigenvalue weighted by Gasteiger charge is 2.31. The highest BCUT2D eigenvalue weighted by atomic mass is 19.1. The van der Waals surface area contributed by atoms with Crippen molar-refractivity contribution in [1.29, 1.82) is 0 Å². The Bertz CT molecular complexity index is 727. The summed E-state index contributed by atoms with van der Waals surface area (Å²) in [5.74, 6) is 0.229. The standard InChI is InChI=1S/C19H21FN2O2/c1-24-15-7-4-12(5-8-15)14-6-9-16(17(20)10-14)19(23)22-18(11-21)13-2-3-13/h4-10,13,18H,2-3,11,21H2,1H3,(H,22,23). The lowest BCUT2D eigenvalue weighted by molar-refractivity contribution is 0.0929. The van der Waals surface area contributed by atoms with Crippen molar-refractivity contribution in [1.82, 2.24) is 5.32 Å². The molecule has 4 nitrogen and oxygen atoms in total. The fourth-order valence-electron chi connectivity index (χ4n) is 2.78. The summed E-state index contributed by atoms with van der Waals surface area (Å²) in [7, 11) is 1.60. The number of carbonyl (C=O) groups is 1. The number of ether oxygens (including phenoxy) is 1. The molecule has 0 radical (unpaired) electrons. The van der Waals surface area contributed by atoms with Gasteiger partial charge in [-0.1, -0.05) is 18.2 Å². The van der Waals surface area contributed by atoms with Crippen LogP contribution in [0.3, 0.4) is 0 Å². The Morgan fingerprint density at radius 3 is 2.46 bits per heavy atom. The molecule has 0 heterocycles. The average molecular weight is 328 g/mol. The van der Waals surface area contributed by atoms with E-state index in [4.69, 9.17) is 10.5 Å². The van der Waals surface area contributed by atoms with Crippen molar-refractivity contribution in [2.24, 2.45) is 11.7 Å². The lowest BCUT2D eigenvalue weighted by Crippen LogP contribution is -2.42. The lowest BCUT2D eigenvalue weighted by Gasteiger charge is -2.16. The van der Waals surface area contributed by atoms with Gasteiger partial charge in [-0.05, 0) is 54.2 Å². The molecule has 0 spiro atoms. The third-order valence-electron chi connectivity index (χ3n) is 4.40. The van der Waals surface area contributed by atoms with Crippen molar-refractivity contribution in [3.05, 3.63) is 53.8 Å². The molecule has 1 fully saturated rings. The first-order chi connectivity index (χ1) is 11.6. The first-order valence-corrected chi connectivity index (χ1v) is 8.07. The van der Waals surface area contributed by atoms with Gasteiger partial charge >= 0.3 is 0 Å². The van der Waals surface area contributed by atoms with Crippen molar-refractivity contribution in [3.63, 3.8) is 0 Å². The van der Waals surface area contributed by atoms with Gasteiger partial charge in [-0.2, -0.15) is 0 Å². The van der Waals surface area contributed by atoms with Gasteiger partial charge in [0.2, 0.25) is 0 Å². The number of nitrogens with one attached hydrogen (secondary N) is 1. The van der Waals surface area contributed by atoms with Crippen LogP contribution in [0.1, 0.15) is 23.2 Å². The Hall–Kier alpha value is -2.40. The second-order valence-electron chi connectivity index (χ2n) is 6.08. The number of hydrogen-bond acceptors (Lipinski definition) is 3. The van der Waals surface area contributed by atoms with E-state index in [1.807, 2.05) is 24.3 Å². The molecule has 24 heavy (non-hydrogen) atoms. The molecule has 3 rings (SSSR count). The number of rotatable bonds is 6. The number of amides is 1. The molecule has 1 unspecified atom stereocenters. The van der Waals surface area contributed by atoms with Gasteiger partial charge in [-0.15, -0.1) is 0 Å². The van der Waals surface area contributed by atoms with Crippen LogP contribution in [0.2, 0.25) is 0 Å². The predicted octanol–water partition coefficient (Wildman–Crippen LogP) is 2.97. The van der Waals surface area contributed by atoms with Crippen molar-refractivity contribution in [3.8, 4) is 16.9 Å². The van der Waals surface area contributed by atoms with E-state index >= 15 is 0 Å². The molecule has 5 heteroatoms. The molecule has 2 aromatic rings. The number of benzene rings is 2. The van der Waals surface area contributed by atoms with E-state index in [0.717, 1.165) is 24.2 Å². The maximum Gasteiger partial charge on any atom is 0.254 e. The van der Waals surface area contributed by atoms with Crippen LogP contribution in [0.25, 0.3) is 11.1 Å². The second kappa shape index (κ2) is 7.01. The van der Waals surface area contributed by atoms with Gasteiger partial charge < -0.3 is 15.8 Å². The van der Waals surface area contributed by atoms with Crippen molar-refractivity contribution in [2.45, 2.75) is 18.9 Å². The Kier molecular flexibility index (Phi) is 4.81. The zero-order valence-electron chi connectivity index (χ0n) is 13.6. The van der Waals surface area contributed by atoms with E-state index in [2.05, 4.69) is 5.32 Å². The van der Waals surface area contributed by atoms with Crippen LogP contribution in [-0.4, -0.2) is 25.6 Å². The van der Waals surface area contributed by atoms with Crippen LogP contribution in [0.15, 0.2) is 42.5 Å². The molecular formula is C19H21FN2O2. The van der Waals surface area contributed by atoms with Gasteiger partial charge in [0.25, 0.3) is 5.91 Å². The van der Waals surface area contributed by atoms with E-state index in [1.165, 1.54) is 12.1 Å². The molecule has 1 atom stereocenters. The third kappa shape index (κ3) is 3.57. The minimum Gasteiger partial charge on any atom is -0.497 e. The molecule has 2 aromatic carbocycles. The number of carbonyl (C=O) groups excluding carboxylic acids is 1. The maximum absolute atomic E-state index is 14.4. The van der Waals surface area contributed by atoms with Crippen molar-refractivity contribution >= 4 is 5.91 Å². The molecule has 0 bridgehead atoms. The quantitative estimate of drug-likeness (QED) is 0.857. The van der Waals surface area contributed by atoms with Crippen molar-refractivity contribution < 1.29 is 13.9 Å². The van der Waals surface area contributed by atoms with Crippen LogP contribution in [0.5, 0.6) is 5.75 Å². The van der Waals surface area contributed by atoms with E-state index < -0.39 is 11.7 Å². The van der Waals surface area contributed by atoms with Gasteiger partial charge in [0, 0.05) is 12.6 Å². The van der Waals surface area contributed by atoms with Crippen LogP contribution < -0.4 is 15.8 Å². The third-order valence-corrected chi connectivity index (χ3v) is 4.40. The summed E-state index contributed by atoms with van der Waals surface area (Å²) >= 11 is 0. The molecule has 1 aliphatic rings. The van der Waals surface area contributed by atoms with Crippen LogP contribution in [0.4, 0.5) is 4.39 Å². The van der Waals surface area contributed by atoms with Gasteiger partial charge in [0.05, 0.1) is 12.7 Å². The van der Waals surface area contributed by atoms with Gasteiger partial charge in [0.15, 0.2) is 0 Å². The van der Waals surface area contributed by atoms with E-state index in [9.17, 15) is 9.18 Å². The van der Waals surface area contributed by atoms with Crippen LogP contribution in [0, 0.1) is 11.7 Å². The van der Waals surface area contributed by atoms with Gasteiger partial charge in [-0.25, -0.2) is 4.39 Å². The molecule has 0 saturated heterocycles. The van der Waals surface area contributed by atoms with E-state index in [0.29, 0.717) is 18.0 Å². The van der Waals surface area contributed by atoms with E-state index in [-0.39, 0.29) is 11.6 Å². The molecule has 0 aliphatic heterocycles. The first kappa shape index (κ1) is 16.5. The number of halogens is 1.